The van der Waals surface area contributed by atoms with Crippen LogP contribution in [0, 0.1) is 13.8 Å². The second-order valence-corrected chi connectivity index (χ2v) is 8.70. The first-order valence-corrected chi connectivity index (χ1v) is 12.0. The monoisotopic (exact) mass is 491 g/mol. The summed E-state index contributed by atoms with van der Waals surface area (Å²) in [5.41, 5.74) is 3.29. The van der Waals surface area contributed by atoms with Crippen LogP contribution in [0.3, 0.4) is 0 Å². The molecule has 8 heteroatoms. The Labute approximate surface area is 206 Å². The summed E-state index contributed by atoms with van der Waals surface area (Å²) in [6.07, 6.45) is 0. The topological polar surface area (TPSA) is 54.9 Å². The number of ether oxygens (including phenoxy) is 2. The summed E-state index contributed by atoms with van der Waals surface area (Å²) in [7, 11) is 0. The molecule has 3 rings (SSSR count). The molecule has 0 fully saturated rings. The van der Waals surface area contributed by atoms with E-state index in [1.165, 1.54) is 5.56 Å². The average Bonchev–Trinajstić information content (AvgIpc) is 3.20. The fraction of sp³-hybridized carbons (Fsp3) is 0.440. The van der Waals surface area contributed by atoms with Gasteiger partial charge in [-0.15, -0.1) is 12.4 Å². The van der Waals surface area contributed by atoms with Crippen LogP contribution in [-0.4, -0.2) is 55.2 Å². The van der Waals surface area contributed by atoms with Crippen LogP contribution in [0.4, 0.5) is 5.13 Å². The normalized spacial score (nSPS) is 10.8. The largest absolute Gasteiger partial charge is 0.494 e. The number of anilines is 1. The van der Waals surface area contributed by atoms with Crippen molar-refractivity contribution in [3.8, 4) is 11.5 Å². The minimum absolute atomic E-state index is 0. The molecule has 1 aromatic heterocycles. The number of hydrogen-bond acceptors (Lipinski definition) is 6. The lowest BCUT2D eigenvalue weighted by molar-refractivity contribution is -0.120. The number of amides is 1. The summed E-state index contributed by atoms with van der Waals surface area (Å²) < 4.78 is 12.4. The Morgan fingerprint density at radius 3 is 2.21 bits per heavy atom. The highest BCUT2D eigenvalue weighted by molar-refractivity contribution is 7.22. The maximum absolute atomic E-state index is 13.2. The number of likely N-dealkylation sites (N-methyl/N-ethyl adjacent to an activating group) is 1. The Balaban J connectivity index is 0.00000385. The number of fused-ring (bicyclic) bond motifs is 1. The van der Waals surface area contributed by atoms with Crippen molar-refractivity contribution in [2.45, 2.75) is 34.6 Å². The van der Waals surface area contributed by atoms with Crippen molar-refractivity contribution in [2.24, 2.45) is 0 Å². The molecule has 0 aliphatic heterocycles. The van der Waals surface area contributed by atoms with E-state index in [1.54, 1.807) is 16.2 Å². The molecule has 0 radical (unpaired) electrons. The van der Waals surface area contributed by atoms with Crippen LogP contribution < -0.4 is 14.4 Å². The van der Waals surface area contributed by atoms with Gasteiger partial charge in [-0.25, -0.2) is 4.98 Å². The number of aromatic nitrogens is 1. The first-order chi connectivity index (χ1) is 15.4. The number of thiazole rings is 1. The standard InChI is InChI=1S/C25H33N3O3S.ClH/c1-6-27(7-2)13-14-28(25-26-24-19(5)15-18(4)16-22(24)32-25)23(29)17-31-21-11-9-20(10-12-21)30-8-3;/h9-12,15-16H,6-8,13-14,17H2,1-5H3;1H. The number of nitrogens with zero attached hydrogens (tertiary/aromatic N) is 3. The molecular formula is C25H34ClN3O3S. The van der Waals surface area contributed by atoms with Gasteiger partial charge in [-0.05, 0) is 75.3 Å². The van der Waals surface area contributed by atoms with Crippen molar-refractivity contribution in [3.05, 3.63) is 47.5 Å². The summed E-state index contributed by atoms with van der Waals surface area (Å²) in [5, 5.41) is 0.723. The maximum atomic E-state index is 13.2. The van der Waals surface area contributed by atoms with Gasteiger partial charge in [0.15, 0.2) is 11.7 Å². The summed E-state index contributed by atoms with van der Waals surface area (Å²) in [6, 6.07) is 11.6. The van der Waals surface area contributed by atoms with Gasteiger partial charge in [-0.3, -0.25) is 9.69 Å². The molecule has 0 saturated carbocycles. The number of rotatable bonds is 11. The van der Waals surface area contributed by atoms with Gasteiger partial charge in [0, 0.05) is 13.1 Å². The molecule has 0 N–H and O–H groups in total. The Hall–Kier alpha value is -2.35. The molecule has 6 nitrogen and oxygen atoms in total. The molecule has 0 bridgehead atoms. The Morgan fingerprint density at radius 2 is 1.61 bits per heavy atom. The van der Waals surface area contributed by atoms with E-state index in [0.29, 0.717) is 18.9 Å². The van der Waals surface area contributed by atoms with E-state index >= 15 is 0 Å². The number of halogens is 1. The summed E-state index contributed by atoms with van der Waals surface area (Å²) in [4.78, 5) is 22.1. The number of aryl methyl sites for hydroxylation is 2. The minimum atomic E-state index is -0.0977. The third-order valence-electron chi connectivity index (χ3n) is 5.38. The zero-order valence-electron chi connectivity index (χ0n) is 20.1. The van der Waals surface area contributed by atoms with Crippen LogP contribution in [0.1, 0.15) is 31.9 Å². The van der Waals surface area contributed by atoms with Crippen LogP contribution >= 0.6 is 23.7 Å². The Bertz CT molecular complexity index is 1040. The smallest absolute Gasteiger partial charge is 0.266 e. The van der Waals surface area contributed by atoms with Crippen LogP contribution in [-0.2, 0) is 4.79 Å². The van der Waals surface area contributed by atoms with Crippen LogP contribution in [0.15, 0.2) is 36.4 Å². The fourth-order valence-electron chi connectivity index (χ4n) is 3.60. The molecule has 33 heavy (non-hydrogen) atoms. The van der Waals surface area contributed by atoms with Gasteiger partial charge < -0.3 is 14.4 Å². The van der Waals surface area contributed by atoms with Crippen molar-refractivity contribution in [2.75, 3.05) is 44.3 Å². The molecule has 1 amide bonds. The van der Waals surface area contributed by atoms with Crippen molar-refractivity contribution in [1.29, 1.82) is 0 Å². The van der Waals surface area contributed by atoms with Gasteiger partial charge in [-0.2, -0.15) is 0 Å². The molecule has 0 aliphatic carbocycles. The Morgan fingerprint density at radius 1 is 0.970 bits per heavy atom. The second kappa shape index (κ2) is 12.8. The predicted octanol–water partition coefficient (Wildman–Crippen LogP) is 5.49. The summed E-state index contributed by atoms with van der Waals surface area (Å²) >= 11 is 1.56. The van der Waals surface area contributed by atoms with E-state index in [0.717, 1.165) is 46.3 Å². The lowest BCUT2D eigenvalue weighted by atomic mass is 10.1. The molecule has 0 saturated heterocycles. The molecule has 0 spiro atoms. The maximum Gasteiger partial charge on any atom is 0.266 e. The van der Waals surface area contributed by atoms with E-state index in [-0.39, 0.29) is 24.9 Å². The molecule has 0 unspecified atom stereocenters. The number of hydrogen-bond donors (Lipinski definition) is 0. The van der Waals surface area contributed by atoms with Crippen molar-refractivity contribution < 1.29 is 14.3 Å². The van der Waals surface area contributed by atoms with Gasteiger partial charge in [0.1, 0.15) is 11.5 Å². The lowest BCUT2D eigenvalue weighted by Gasteiger charge is -2.24. The average molecular weight is 492 g/mol. The van der Waals surface area contributed by atoms with Crippen molar-refractivity contribution in [1.82, 2.24) is 9.88 Å². The van der Waals surface area contributed by atoms with Gasteiger partial charge in [0.25, 0.3) is 5.91 Å². The zero-order valence-corrected chi connectivity index (χ0v) is 21.7. The fourth-order valence-corrected chi connectivity index (χ4v) is 4.79. The molecule has 2 aromatic carbocycles. The lowest BCUT2D eigenvalue weighted by Crippen LogP contribution is -2.41. The number of benzene rings is 2. The first kappa shape index (κ1) is 26.9. The second-order valence-electron chi connectivity index (χ2n) is 7.69. The SMILES string of the molecule is CCOc1ccc(OCC(=O)N(CCN(CC)CC)c2nc3c(C)cc(C)cc3s2)cc1.Cl. The molecule has 0 aliphatic rings. The van der Waals surface area contributed by atoms with E-state index in [2.05, 4.69) is 44.7 Å². The van der Waals surface area contributed by atoms with Crippen LogP contribution in [0.25, 0.3) is 10.2 Å². The molecular weight excluding hydrogens is 458 g/mol. The van der Waals surface area contributed by atoms with Crippen molar-refractivity contribution in [3.63, 3.8) is 0 Å². The highest BCUT2D eigenvalue weighted by Gasteiger charge is 2.21. The summed E-state index contributed by atoms with van der Waals surface area (Å²) in [6.45, 7) is 14.2. The highest BCUT2D eigenvalue weighted by atomic mass is 35.5. The van der Waals surface area contributed by atoms with Crippen LogP contribution in [0.5, 0.6) is 11.5 Å². The highest BCUT2D eigenvalue weighted by Crippen LogP contribution is 2.32. The van der Waals surface area contributed by atoms with E-state index in [4.69, 9.17) is 14.5 Å². The van der Waals surface area contributed by atoms with E-state index < -0.39 is 0 Å². The molecule has 3 aromatic rings. The van der Waals surface area contributed by atoms with Gasteiger partial charge in [0.2, 0.25) is 0 Å². The van der Waals surface area contributed by atoms with E-state index in [9.17, 15) is 4.79 Å². The third-order valence-corrected chi connectivity index (χ3v) is 6.41. The minimum Gasteiger partial charge on any atom is -0.494 e. The molecule has 180 valence electrons. The van der Waals surface area contributed by atoms with Gasteiger partial charge in [-0.1, -0.05) is 31.3 Å². The molecule has 1 heterocycles. The van der Waals surface area contributed by atoms with Crippen molar-refractivity contribution >= 4 is 45.0 Å². The Kier molecular flexibility index (Phi) is 10.4. The molecule has 0 atom stereocenters. The summed E-state index contributed by atoms with van der Waals surface area (Å²) in [5.74, 6) is 1.33. The van der Waals surface area contributed by atoms with Gasteiger partial charge in [0.05, 0.1) is 16.8 Å². The predicted molar refractivity (Wildman–Crippen MR) is 140 cm³/mol. The third kappa shape index (κ3) is 7.06. The van der Waals surface area contributed by atoms with E-state index in [1.807, 2.05) is 31.2 Å². The quantitative estimate of drug-likeness (QED) is 0.355. The number of carbonyl (C=O) groups excluding carboxylic acids is 1. The number of carbonyl (C=O) groups is 1. The zero-order chi connectivity index (χ0) is 23.1. The van der Waals surface area contributed by atoms with Gasteiger partial charge >= 0.3 is 0 Å². The van der Waals surface area contributed by atoms with Crippen LogP contribution in [0.2, 0.25) is 0 Å². The first-order valence-electron chi connectivity index (χ1n) is 11.2.